The highest BCUT2D eigenvalue weighted by Crippen LogP contribution is 2.28. The van der Waals surface area contributed by atoms with Gasteiger partial charge in [0.1, 0.15) is 0 Å². The number of hydrogen-bond acceptors (Lipinski definition) is 4. The highest BCUT2D eigenvalue weighted by atomic mass is 32.2. The summed E-state index contributed by atoms with van der Waals surface area (Å²) in [5.74, 6) is 0. The normalized spacial score (nSPS) is 14.5. The van der Waals surface area contributed by atoms with Crippen LogP contribution in [0.15, 0.2) is 0 Å². The van der Waals surface area contributed by atoms with Gasteiger partial charge in [0.2, 0.25) is 9.97 Å². The fourth-order valence-corrected chi connectivity index (χ4v) is 3.76. The lowest BCUT2D eigenvalue weighted by atomic mass is 10.7. The van der Waals surface area contributed by atoms with Gasteiger partial charge >= 0.3 is 6.28 Å². The second-order valence-corrected chi connectivity index (χ2v) is 6.72. The van der Waals surface area contributed by atoms with Crippen LogP contribution in [-0.2, 0) is 19.2 Å². The first-order valence-electron chi connectivity index (χ1n) is 3.15. The van der Waals surface area contributed by atoms with Gasteiger partial charge in [0.15, 0.2) is 0 Å². The summed E-state index contributed by atoms with van der Waals surface area (Å²) in [6.45, 7) is 3.86. The summed E-state index contributed by atoms with van der Waals surface area (Å²) >= 11 is 0. The van der Waals surface area contributed by atoms with E-state index in [1.165, 1.54) is 7.11 Å². The van der Waals surface area contributed by atoms with Crippen molar-refractivity contribution in [2.75, 3.05) is 19.9 Å². The molecule has 0 rings (SSSR count). The average Bonchev–Trinajstić information content (AvgIpc) is 1.86. The number of hydrogen-bond donors (Lipinski definition) is 0. The van der Waals surface area contributed by atoms with Crippen LogP contribution in [0.2, 0.25) is 0 Å². The molecule has 0 radical (unpaired) electrons. The Bertz CT molecular complexity index is 192. The Kier molecular flexibility index (Phi) is 5.26. The van der Waals surface area contributed by atoms with Gasteiger partial charge in [0.25, 0.3) is 0 Å². The minimum Gasteiger partial charge on any atom is -0.224 e. The molecule has 0 aromatic carbocycles. The molecule has 0 aliphatic rings. The third-order valence-electron chi connectivity index (χ3n) is 1.09. The molecule has 7 heteroatoms. The van der Waals surface area contributed by atoms with Gasteiger partial charge in [0, 0.05) is 0 Å². The third-order valence-corrected chi connectivity index (χ3v) is 5.54. The van der Waals surface area contributed by atoms with Crippen LogP contribution in [0.3, 0.4) is 0 Å². The highest BCUT2D eigenvalue weighted by molar-refractivity contribution is 8.29. The zero-order chi connectivity index (χ0) is 8.91. The first kappa shape index (κ1) is 11.4. The molecule has 0 aromatic heterocycles. The summed E-state index contributed by atoms with van der Waals surface area (Å²) in [6, 6.07) is 0. The molecule has 0 spiro atoms. The van der Waals surface area contributed by atoms with Crippen molar-refractivity contribution in [3.63, 3.8) is 0 Å². The van der Waals surface area contributed by atoms with Crippen LogP contribution in [0.5, 0.6) is 0 Å². The molecule has 1 unspecified atom stereocenters. The zero-order valence-corrected chi connectivity index (χ0v) is 8.61. The average molecular weight is 198 g/mol. The molecule has 11 heavy (non-hydrogen) atoms. The molecule has 0 saturated carbocycles. The largest absolute Gasteiger partial charge is 0.340 e. The first-order valence-corrected chi connectivity index (χ1v) is 6.89. The molecule has 0 N–H and O–H groups in total. The minimum atomic E-state index is -3.44. The summed E-state index contributed by atoms with van der Waals surface area (Å²) in [7, 11) is -2.73. The summed E-state index contributed by atoms with van der Waals surface area (Å²) in [6.07, 6.45) is 0.953. The van der Waals surface area contributed by atoms with Crippen molar-refractivity contribution >= 4 is 24.0 Å². The Balaban J connectivity index is 3.92. The van der Waals surface area contributed by atoms with Crippen LogP contribution in [0.1, 0.15) is 6.92 Å². The summed E-state index contributed by atoms with van der Waals surface area (Å²) in [5, 5.41) is 0. The smallest absolute Gasteiger partial charge is 0.224 e. The molecule has 66 valence electrons. The van der Waals surface area contributed by atoms with Crippen molar-refractivity contribution < 1.29 is 17.6 Å². The maximum Gasteiger partial charge on any atom is 0.340 e. The van der Waals surface area contributed by atoms with Crippen LogP contribution < -0.4 is 0 Å². The van der Waals surface area contributed by atoms with Crippen molar-refractivity contribution in [3.8, 4) is 0 Å². The van der Waals surface area contributed by atoms with E-state index in [0.717, 1.165) is 6.16 Å². The predicted octanol–water partition coefficient (Wildman–Crippen LogP) is 0.292. The van der Waals surface area contributed by atoms with E-state index >= 15 is 0 Å². The topological polar surface area (TPSA) is 52.6 Å². The molecule has 0 aliphatic carbocycles. The van der Waals surface area contributed by atoms with Gasteiger partial charge < -0.3 is 0 Å². The lowest BCUT2D eigenvalue weighted by molar-refractivity contribution is -0.169. The van der Waals surface area contributed by atoms with Crippen LogP contribution in [0, 0.1) is 0 Å². The summed E-state index contributed by atoms with van der Waals surface area (Å²) in [5.41, 5.74) is 0. The first-order chi connectivity index (χ1) is 5.02. The van der Waals surface area contributed by atoms with Crippen LogP contribution >= 0.6 is 7.80 Å². The molecule has 0 heterocycles. The van der Waals surface area contributed by atoms with E-state index < -0.39 is 17.8 Å². The maximum atomic E-state index is 10.9. The summed E-state index contributed by atoms with van der Waals surface area (Å²) < 4.78 is 25.8. The Labute approximate surface area is 69.2 Å². The van der Waals surface area contributed by atoms with Crippen molar-refractivity contribution in [2.45, 2.75) is 6.92 Å². The van der Waals surface area contributed by atoms with E-state index in [2.05, 4.69) is 9.22 Å². The van der Waals surface area contributed by atoms with Gasteiger partial charge in [-0.15, -0.1) is 12.1 Å². The Morgan fingerprint density at radius 1 is 1.55 bits per heavy atom. The monoisotopic (exact) mass is 198 g/mol. The molecular weight excluding hydrogens is 186 g/mol. The second kappa shape index (κ2) is 5.09. The standard InChI is InChI=1S/C4H12BO4PS/c1-4-10(3)5-11(6,7)9-8-2/h5H,4H2,1-3H3. The second-order valence-electron chi connectivity index (χ2n) is 2.09. The van der Waals surface area contributed by atoms with E-state index in [9.17, 15) is 8.42 Å². The van der Waals surface area contributed by atoms with Crippen LogP contribution in [0.25, 0.3) is 0 Å². The molecule has 0 bridgehead atoms. The SMILES string of the molecule is CCP(C)BS(=O)(=O)OOC. The molecule has 0 amide bonds. The maximum absolute atomic E-state index is 10.9. The van der Waals surface area contributed by atoms with E-state index in [0.29, 0.717) is 0 Å². The van der Waals surface area contributed by atoms with Crippen LogP contribution in [0.4, 0.5) is 0 Å². The summed E-state index contributed by atoms with van der Waals surface area (Å²) in [4.78, 5) is 4.07. The van der Waals surface area contributed by atoms with Crippen molar-refractivity contribution in [3.05, 3.63) is 0 Å². The molecule has 0 saturated heterocycles. The Morgan fingerprint density at radius 2 is 2.09 bits per heavy atom. The molecular formula is C4H12BO4PS. The fourth-order valence-electron chi connectivity index (χ4n) is 0.486. The lowest BCUT2D eigenvalue weighted by Gasteiger charge is -2.05. The molecule has 0 aromatic rings. The van der Waals surface area contributed by atoms with Crippen molar-refractivity contribution in [1.29, 1.82) is 0 Å². The van der Waals surface area contributed by atoms with Gasteiger partial charge in [0.05, 0.1) is 7.11 Å². The predicted molar refractivity (Wildman–Crippen MR) is 47.5 cm³/mol. The Morgan fingerprint density at radius 3 is 2.45 bits per heavy atom. The highest BCUT2D eigenvalue weighted by Gasteiger charge is 2.18. The van der Waals surface area contributed by atoms with Gasteiger partial charge in [-0.3, -0.25) is 0 Å². The third kappa shape index (κ3) is 5.62. The molecule has 4 nitrogen and oxygen atoms in total. The molecule has 0 aliphatic heterocycles. The van der Waals surface area contributed by atoms with E-state index in [-0.39, 0.29) is 6.28 Å². The van der Waals surface area contributed by atoms with Gasteiger partial charge in [-0.05, 0) is 6.16 Å². The van der Waals surface area contributed by atoms with Crippen molar-refractivity contribution in [1.82, 2.24) is 0 Å². The zero-order valence-electron chi connectivity index (χ0n) is 6.90. The molecule has 1 atom stereocenters. The van der Waals surface area contributed by atoms with Gasteiger partial charge in [-0.1, -0.05) is 13.6 Å². The van der Waals surface area contributed by atoms with Gasteiger partial charge in [-0.2, -0.15) is 0 Å². The minimum absolute atomic E-state index is 0.0761. The molecule has 0 fully saturated rings. The quantitative estimate of drug-likeness (QED) is 0.275. The van der Waals surface area contributed by atoms with Gasteiger partial charge in [-0.25, -0.2) is 13.3 Å². The fraction of sp³-hybridized carbons (Fsp3) is 1.00. The van der Waals surface area contributed by atoms with E-state index in [1.807, 2.05) is 13.6 Å². The van der Waals surface area contributed by atoms with E-state index in [4.69, 9.17) is 0 Å². The Hall–Kier alpha value is 0.365. The van der Waals surface area contributed by atoms with Crippen molar-refractivity contribution in [2.24, 2.45) is 0 Å². The van der Waals surface area contributed by atoms with Crippen LogP contribution in [-0.4, -0.2) is 34.6 Å². The number of rotatable bonds is 5. The van der Waals surface area contributed by atoms with E-state index in [1.54, 1.807) is 0 Å². The lowest BCUT2D eigenvalue weighted by Crippen LogP contribution is -2.12.